The molecule has 0 bridgehead atoms. The number of carbonyl (C=O) groups is 1. The highest BCUT2D eigenvalue weighted by molar-refractivity contribution is 5.82. The second kappa shape index (κ2) is 6.43. The summed E-state index contributed by atoms with van der Waals surface area (Å²) in [5.74, 6) is 0.0320. The molecule has 0 saturated heterocycles. The van der Waals surface area contributed by atoms with E-state index in [2.05, 4.69) is 10.6 Å². The molecular weight excluding hydrogens is 274 g/mol. The zero-order valence-electron chi connectivity index (χ0n) is 12.1. The molecule has 114 valence electrons. The molecule has 0 spiro atoms. The molecule has 1 aromatic carbocycles. The van der Waals surface area contributed by atoms with Crippen molar-refractivity contribution in [2.75, 3.05) is 11.9 Å². The molecule has 1 aliphatic carbocycles. The van der Waals surface area contributed by atoms with Crippen molar-refractivity contribution in [2.45, 2.75) is 38.8 Å². The van der Waals surface area contributed by atoms with Crippen molar-refractivity contribution < 1.29 is 14.5 Å². The molecule has 21 heavy (non-hydrogen) atoms. The molecule has 2 rings (SSSR count). The van der Waals surface area contributed by atoms with Crippen LogP contribution in [0.15, 0.2) is 18.2 Å². The maximum absolute atomic E-state index is 11.6. The Hall–Kier alpha value is -2.31. The molecule has 7 nitrogen and oxygen atoms in total. The van der Waals surface area contributed by atoms with Gasteiger partial charge in [0.15, 0.2) is 5.75 Å². The fourth-order valence-corrected chi connectivity index (χ4v) is 1.88. The molecular formula is C14H19N3O4. The number of nitrogens with one attached hydrogen (secondary N) is 2. The molecule has 1 fully saturated rings. The van der Waals surface area contributed by atoms with E-state index >= 15 is 0 Å². The highest BCUT2D eigenvalue weighted by Crippen LogP contribution is 2.35. The van der Waals surface area contributed by atoms with Gasteiger partial charge in [0, 0.05) is 6.04 Å². The van der Waals surface area contributed by atoms with Gasteiger partial charge in [0.25, 0.3) is 0 Å². The van der Waals surface area contributed by atoms with Gasteiger partial charge < -0.3 is 15.4 Å². The van der Waals surface area contributed by atoms with Crippen LogP contribution >= 0.6 is 0 Å². The number of ether oxygens (including phenoxy) is 1. The van der Waals surface area contributed by atoms with E-state index in [1.54, 1.807) is 32.0 Å². The second-order valence-electron chi connectivity index (χ2n) is 5.27. The Bertz CT molecular complexity index is 541. The Morgan fingerprint density at radius 2 is 2.19 bits per heavy atom. The topological polar surface area (TPSA) is 93.5 Å². The van der Waals surface area contributed by atoms with E-state index in [0.717, 1.165) is 12.8 Å². The molecule has 2 N–H and O–H groups in total. The first kappa shape index (κ1) is 15.1. The van der Waals surface area contributed by atoms with E-state index in [9.17, 15) is 14.9 Å². The summed E-state index contributed by atoms with van der Waals surface area (Å²) >= 11 is 0. The van der Waals surface area contributed by atoms with Crippen LogP contribution in [0.2, 0.25) is 0 Å². The summed E-state index contributed by atoms with van der Waals surface area (Å²) in [6.45, 7) is 3.60. The van der Waals surface area contributed by atoms with Crippen LogP contribution in [0.4, 0.5) is 11.4 Å². The average molecular weight is 293 g/mol. The van der Waals surface area contributed by atoms with Gasteiger partial charge in [-0.25, -0.2) is 0 Å². The Morgan fingerprint density at radius 1 is 1.48 bits per heavy atom. The predicted molar refractivity (Wildman–Crippen MR) is 78.5 cm³/mol. The van der Waals surface area contributed by atoms with Crippen LogP contribution in [0.3, 0.4) is 0 Å². The van der Waals surface area contributed by atoms with Crippen molar-refractivity contribution in [3.05, 3.63) is 28.3 Å². The Morgan fingerprint density at radius 3 is 2.76 bits per heavy atom. The smallest absolute Gasteiger partial charge is 0.333 e. The van der Waals surface area contributed by atoms with Gasteiger partial charge in [0.05, 0.1) is 17.6 Å². The quantitative estimate of drug-likeness (QED) is 0.593. The SMILES string of the molecule is CC(C)Oc1cccc(NCC(=O)NC2CC2)c1[N+](=O)[O-]. The summed E-state index contributed by atoms with van der Waals surface area (Å²) in [5.41, 5.74) is 0.134. The van der Waals surface area contributed by atoms with Crippen LogP contribution in [-0.4, -0.2) is 29.5 Å². The average Bonchev–Trinajstić information content (AvgIpc) is 3.19. The van der Waals surface area contributed by atoms with Crippen molar-refractivity contribution in [1.82, 2.24) is 5.32 Å². The minimum Gasteiger partial charge on any atom is -0.484 e. The Balaban J connectivity index is 2.09. The van der Waals surface area contributed by atoms with Crippen molar-refractivity contribution in [1.29, 1.82) is 0 Å². The van der Waals surface area contributed by atoms with Crippen LogP contribution in [-0.2, 0) is 4.79 Å². The first-order valence-corrected chi connectivity index (χ1v) is 6.94. The molecule has 0 aliphatic heterocycles. The number of nitrogens with zero attached hydrogens (tertiary/aromatic N) is 1. The first-order chi connectivity index (χ1) is 9.97. The van der Waals surface area contributed by atoms with Crippen molar-refractivity contribution in [2.24, 2.45) is 0 Å². The number of hydrogen-bond donors (Lipinski definition) is 2. The zero-order valence-corrected chi connectivity index (χ0v) is 12.1. The second-order valence-corrected chi connectivity index (χ2v) is 5.27. The minimum absolute atomic E-state index is 0.00245. The number of benzene rings is 1. The summed E-state index contributed by atoms with van der Waals surface area (Å²) in [7, 11) is 0. The third kappa shape index (κ3) is 4.34. The van der Waals surface area contributed by atoms with Gasteiger partial charge in [0.2, 0.25) is 5.91 Å². The van der Waals surface area contributed by atoms with Crippen LogP contribution in [0.1, 0.15) is 26.7 Å². The van der Waals surface area contributed by atoms with Crippen LogP contribution in [0.25, 0.3) is 0 Å². The molecule has 0 heterocycles. The number of nitro benzene ring substituents is 1. The lowest BCUT2D eigenvalue weighted by atomic mass is 10.2. The largest absolute Gasteiger partial charge is 0.484 e. The molecule has 7 heteroatoms. The summed E-state index contributed by atoms with van der Waals surface area (Å²) in [4.78, 5) is 22.4. The number of para-hydroxylation sites is 1. The summed E-state index contributed by atoms with van der Waals surface area (Å²) in [5, 5.41) is 16.9. The van der Waals surface area contributed by atoms with Gasteiger partial charge in [0.1, 0.15) is 5.69 Å². The minimum atomic E-state index is -0.501. The monoisotopic (exact) mass is 293 g/mol. The highest BCUT2D eigenvalue weighted by atomic mass is 16.6. The van der Waals surface area contributed by atoms with E-state index in [-0.39, 0.29) is 41.7 Å². The van der Waals surface area contributed by atoms with Crippen LogP contribution in [0, 0.1) is 10.1 Å². The third-order valence-electron chi connectivity index (χ3n) is 2.93. The van der Waals surface area contributed by atoms with Crippen LogP contribution in [0.5, 0.6) is 5.75 Å². The van der Waals surface area contributed by atoms with Gasteiger partial charge in [-0.15, -0.1) is 0 Å². The van der Waals surface area contributed by atoms with Gasteiger partial charge in [-0.3, -0.25) is 14.9 Å². The normalized spacial score (nSPS) is 13.9. The van der Waals surface area contributed by atoms with Gasteiger partial charge in [-0.05, 0) is 38.8 Å². The van der Waals surface area contributed by atoms with Gasteiger partial charge in [-0.2, -0.15) is 0 Å². The maximum atomic E-state index is 11.6. The molecule has 0 radical (unpaired) electrons. The lowest BCUT2D eigenvalue weighted by Crippen LogP contribution is -2.31. The summed E-state index contributed by atoms with van der Waals surface area (Å²) in [6, 6.07) is 5.04. The lowest BCUT2D eigenvalue weighted by Gasteiger charge is -2.13. The fourth-order valence-electron chi connectivity index (χ4n) is 1.88. The third-order valence-corrected chi connectivity index (χ3v) is 2.93. The standard InChI is InChI=1S/C14H19N3O4/c1-9(2)21-12-5-3-4-11(14(12)17(19)20)15-8-13(18)16-10-6-7-10/h3-5,9-10,15H,6-8H2,1-2H3,(H,16,18). The van der Waals surface area contributed by atoms with Crippen molar-refractivity contribution >= 4 is 17.3 Å². The Labute approximate surface area is 122 Å². The van der Waals surface area contributed by atoms with Gasteiger partial charge in [-0.1, -0.05) is 6.07 Å². The Kier molecular flexibility index (Phi) is 4.62. The highest BCUT2D eigenvalue weighted by Gasteiger charge is 2.25. The fraction of sp³-hybridized carbons (Fsp3) is 0.500. The zero-order chi connectivity index (χ0) is 15.4. The predicted octanol–water partition coefficient (Wildman–Crippen LogP) is 2.07. The van der Waals surface area contributed by atoms with E-state index in [0.29, 0.717) is 0 Å². The molecule has 1 amide bonds. The van der Waals surface area contributed by atoms with E-state index in [4.69, 9.17) is 4.74 Å². The first-order valence-electron chi connectivity index (χ1n) is 6.94. The number of anilines is 1. The number of carbonyl (C=O) groups excluding carboxylic acids is 1. The van der Waals surface area contributed by atoms with E-state index in [1.165, 1.54) is 0 Å². The van der Waals surface area contributed by atoms with E-state index in [1.807, 2.05) is 0 Å². The molecule has 1 aliphatic rings. The number of amides is 1. The molecule has 0 atom stereocenters. The number of rotatable bonds is 7. The molecule has 0 unspecified atom stereocenters. The van der Waals surface area contributed by atoms with Gasteiger partial charge >= 0.3 is 5.69 Å². The lowest BCUT2D eigenvalue weighted by molar-refractivity contribution is -0.385. The maximum Gasteiger partial charge on any atom is 0.333 e. The number of hydrogen-bond acceptors (Lipinski definition) is 5. The summed E-state index contributed by atoms with van der Waals surface area (Å²) < 4.78 is 5.45. The van der Waals surface area contributed by atoms with Crippen LogP contribution < -0.4 is 15.4 Å². The molecule has 0 aromatic heterocycles. The van der Waals surface area contributed by atoms with Crippen molar-refractivity contribution in [3.8, 4) is 5.75 Å². The number of nitro groups is 1. The van der Waals surface area contributed by atoms with Crippen molar-refractivity contribution in [3.63, 3.8) is 0 Å². The van der Waals surface area contributed by atoms with E-state index < -0.39 is 4.92 Å². The molecule has 1 aromatic rings. The summed E-state index contributed by atoms with van der Waals surface area (Å²) in [6.07, 6.45) is 1.84. The molecule has 1 saturated carbocycles.